The van der Waals surface area contributed by atoms with E-state index >= 15 is 0 Å². The summed E-state index contributed by atoms with van der Waals surface area (Å²) in [6.45, 7) is 0.969. The summed E-state index contributed by atoms with van der Waals surface area (Å²) in [6.07, 6.45) is 1.97. The molecule has 0 aliphatic carbocycles. The van der Waals surface area contributed by atoms with Gasteiger partial charge in [-0.05, 0) is 30.5 Å². The maximum absolute atomic E-state index is 12.5. The van der Waals surface area contributed by atoms with Gasteiger partial charge in [0.1, 0.15) is 6.54 Å². The third-order valence-electron chi connectivity index (χ3n) is 3.98. The minimum absolute atomic E-state index is 0.0447. The van der Waals surface area contributed by atoms with Gasteiger partial charge in [0.25, 0.3) is 0 Å². The van der Waals surface area contributed by atoms with Gasteiger partial charge in [-0.1, -0.05) is 23.7 Å². The quantitative estimate of drug-likeness (QED) is 0.858. The Bertz CT molecular complexity index is 549. The minimum atomic E-state index is 0.0447. The molecule has 0 saturated carbocycles. The van der Waals surface area contributed by atoms with Crippen molar-refractivity contribution in [3.05, 3.63) is 34.9 Å². The first-order chi connectivity index (χ1) is 10.1. The minimum Gasteiger partial charge on any atom is -0.334 e. The highest BCUT2D eigenvalue weighted by Gasteiger charge is 2.32. The summed E-state index contributed by atoms with van der Waals surface area (Å²) in [5.41, 5.74) is 1.12. The lowest BCUT2D eigenvalue weighted by atomic mass is 10.0. The monoisotopic (exact) mass is 324 g/mol. The van der Waals surface area contributed by atoms with Crippen LogP contribution in [0.2, 0.25) is 5.02 Å². The van der Waals surface area contributed by atoms with Crippen LogP contribution in [0.3, 0.4) is 0 Å². The zero-order chi connectivity index (χ0) is 14.8. The molecule has 3 rings (SSSR count). The standard InChI is InChI=1S/C15H17ClN2O2S/c16-12-5-3-11(4-6-12)13-2-1-7-18(13)14(19)8-17-10-21-9-15(17)20/h3-6,13H,1-2,7-10H2/t13-/m1/s1. The normalized spacial score (nSPS) is 22.1. The summed E-state index contributed by atoms with van der Waals surface area (Å²) in [6, 6.07) is 7.79. The van der Waals surface area contributed by atoms with Gasteiger partial charge in [-0.3, -0.25) is 9.59 Å². The van der Waals surface area contributed by atoms with Crippen LogP contribution in [0.5, 0.6) is 0 Å². The molecule has 0 aromatic heterocycles. The first-order valence-corrected chi connectivity index (χ1v) is 8.59. The van der Waals surface area contributed by atoms with E-state index < -0.39 is 0 Å². The highest BCUT2D eigenvalue weighted by Crippen LogP contribution is 2.32. The molecule has 0 radical (unpaired) electrons. The van der Waals surface area contributed by atoms with Crippen LogP contribution in [-0.4, -0.2) is 46.3 Å². The molecule has 0 unspecified atom stereocenters. The third-order valence-corrected chi connectivity index (χ3v) is 5.18. The van der Waals surface area contributed by atoms with E-state index in [0.29, 0.717) is 16.7 Å². The number of carbonyl (C=O) groups excluding carboxylic acids is 2. The van der Waals surface area contributed by atoms with E-state index in [1.54, 1.807) is 16.7 Å². The molecular weight excluding hydrogens is 308 g/mol. The number of carbonyl (C=O) groups is 2. The van der Waals surface area contributed by atoms with Gasteiger partial charge in [0, 0.05) is 11.6 Å². The molecule has 0 bridgehead atoms. The Balaban J connectivity index is 1.69. The molecule has 0 N–H and O–H groups in total. The fraction of sp³-hybridized carbons (Fsp3) is 0.467. The van der Waals surface area contributed by atoms with Crippen LogP contribution in [0.4, 0.5) is 0 Å². The van der Waals surface area contributed by atoms with E-state index in [2.05, 4.69) is 0 Å². The lowest BCUT2D eigenvalue weighted by Crippen LogP contribution is -2.40. The number of halogens is 1. The second kappa shape index (κ2) is 6.28. The maximum atomic E-state index is 12.5. The topological polar surface area (TPSA) is 40.6 Å². The van der Waals surface area contributed by atoms with Crippen molar-refractivity contribution in [1.29, 1.82) is 0 Å². The number of thioether (sulfide) groups is 1. The highest BCUT2D eigenvalue weighted by atomic mass is 35.5. The largest absolute Gasteiger partial charge is 0.334 e. The summed E-state index contributed by atoms with van der Waals surface area (Å²) < 4.78 is 0. The van der Waals surface area contributed by atoms with E-state index in [1.165, 1.54) is 0 Å². The van der Waals surface area contributed by atoms with Crippen molar-refractivity contribution in [2.45, 2.75) is 18.9 Å². The first-order valence-electron chi connectivity index (χ1n) is 7.05. The fourth-order valence-electron chi connectivity index (χ4n) is 2.89. The molecule has 21 heavy (non-hydrogen) atoms. The lowest BCUT2D eigenvalue weighted by Gasteiger charge is -2.27. The van der Waals surface area contributed by atoms with Crippen molar-refractivity contribution >= 4 is 35.2 Å². The first kappa shape index (κ1) is 14.7. The Kier molecular flexibility index (Phi) is 4.40. The summed E-state index contributed by atoms with van der Waals surface area (Å²) >= 11 is 7.48. The van der Waals surface area contributed by atoms with Crippen molar-refractivity contribution in [1.82, 2.24) is 9.80 Å². The molecule has 2 saturated heterocycles. The molecule has 112 valence electrons. The SMILES string of the molecule is O=C1CSCN1CC(=O)N1CCC[C@@H]1c1ccc(Cl)cc1. The molecule has 2 aliphatic rings. The zero-order valence-electron chi connectivity index (χ0n) is 11.6. The zero-order valence-corrected chi connectivity index (χ0v) is 13.2. The Labute approximate surface area is 133 Å². The van der Waals surface area contributed by atoms with Gasteiger partial charge in [-0.2, -0.15) is 0 Å². The number of nitrogens with zero attached hydrogens (tertiary/aromatic N) is 2. The summed E-state index contributed by atoms with van der Waals surface area (Å²) in [5, 5.41) is 0.703. The second-order valence-corrected chi connectivity index (χ2v) is 6.76. The Hall–Kier alpha value is -1.20. The van der Waals surface area contributed by atoms with Crippen molar-refractivity contribution in [2.75, 3.05) is 24.7 Å². The number of rotatable bonds is 3. The number of hydrogen-bond acceptors (Lipinski definition) is 3. The van der Waals surface area contributed by atoms with Crippen molar-refractivity contribution in [2.24, 2.45) is 0 Å². The van der Waals surface area contributed by atoms with Gasteiger partial charge in [0.2, 0.25) is 11.8 Å². The van der Waals surface area contributed by atoms with Gasteiger partial charge < -0.3 is 9.80 Å². The molecule has 4 nitrogen and oxygen atoms in total. The molecule has 0 spiro atoms. The lowest BCUT2D eigenvalue weighted by molar-refractivity contribution is -0.138. The maximum Gasteiger partial charge on any atom is 0.242 e. The van der Waals surface area contributed by atoms with E-state index in [4.69, 9.17) is 11.6 Å². The van der Waals surface area contributed by atoms with Gasteiger partial charge in [-0.25, -0.2) is 0 Å². The van der Waals surface area contributed by atoms with Crippen LogP contribution in [0.1, 0.15) is 24.4 Å². The molecule has 6 heteroatoms. The van der Waals surface area contributed by atoms with Gasteiger partial charge >= 0.3 is 0 Å². The molecule has 1 aromatic carbocycles. The summed E-state index contributed by atoms with van der Waals surface area (Å²) in [7, 11) is 0. The Morgan fingerprint density at radius 3 is 2.76 bits per heavy atom. The average Bonchev–Trinajstić information content (AvgIpc) is 3.09. The van der Waals surface area contributed by atoms with E-state index in [1.807, 2.05) is 29.2 Å². The van der Waals surface area contributed by atoms with Crippen LogP contribution in [-0.2, 0) is 9.59 Å². The summed E-state index contributed by atoms with van der Waals surface area (Å²) in [5.74, 6) is 1.23. The molecule has 1 aromatic rings. The smallest absolute Gasteiger partial charge is 0.242 e. The van der Waals surface area contributed by atoms with Crippen molar-refractivity contribution in [3.63, 3.8) is 0 Å². The van der Waals surface area contributed by atoms with E-state index in [0.717, 1.165) is 24.9 Å². The van der Waals surface area contributed by atoms with Crippen LogP contribution in [0.25, 0.3) is 0 Å². The molecule has 2 fully saturated rings. The van der Waals surface area contributed by atoms with Crippen molar-refractivity contribution in [3.8, 4) is 0 Å². The predicted octanol–water partition coefficient (Wildman–Crippen LogP) is 2.54. The van der Waals surface area contributed by atoms with Crippen LogP contribution in [0, 0.1) is 0 Å². The number of benzene rings is 1. The van der Waals surface area contributed by atoms with Gasteiger partial charge in [0.05, 0.1) is 17.7 Å². The number of amides is 2. The van der Waals surface area contributed by atoms with E-state index in [-0.39, 0.29) is 24.4 Å². The predicted molar refractivity (Wildman–Crippen MR) is 84.2 cm³/mol. The summed E-state index contributed by atoms with van der Waals surface area (Å²) in [4.78, 5) is 27.7. The van der Waals surface area contributed by atoms with Crippen LogP contribution >= 0.6 is 23.4 Å². The Morgan fingerprint density at radius 2 is 2.10 bits per heavy atom. The molecule has 2 amide bonds. The molecule has 2 aliphatic heterocycles. The number of likely N-dealkylation sites (tertiary alicyclic amines) is 1. The van der Waals surface area contributed by atoms with Crippen LogP contribution in [0.15, 0.2) is 24.3 Å². The van der Waals surface area contributed by atoms with Gasteiger partial charge in [0.15, 0.2) is 0 Å². The highest BCUT2D eigenvalue weighted by molar-refractivity contribution is 8.00. The number of hydrogen-bond donors (Lipinski definition) is 0. The Morgan fingerprint density at radius 1 is 1.33 bits per heavy atom. The van der Waals surface area contributed by atoms with Crippen LogP contribution < -0.4 is 0 Å². The third kappa shape index (κ3) is 3.19. The fourth-order valence-corrected chi connectivity index (χ4v) is 3.92. The average molecular weight is 325 g/mol. The van der Waals surface area contributed by atoms with Gasteiger partial charge in [-0.15, -0.1) is 11.8 Å². The molecular formula is C15H17ClN2O2S. The van der Waals surface area contributed by atoms with E-state index in [9.17, 15) is 9.59 Å². The second-order valence-electron chi connectivity index (χ2n) is 5.37. The molecule has 1 atom stereocenters. The molecule has 2 heterocycles. The van der Waals surface area contributed by atoms with Crippen molar-refractivity contribution < 1.29 is 9.59 Å².